The van der Waals surface area contributed by atoms with E-state index in [9.17, 15) is 5.11 Å². The topological polar surface area (TPSA) is 52.7 Å². The molecule has 2 heterocycles. The number of fused-ring (bicyclic) bond motifs is 1. The summed E-state index contributed by atoms with van der Waals surface area (Å²) in [5.41, 5.74) is 4.83. The number of hydrogen-bond donors (Lipinski definition) is 1. The largest absolute Gasteiger partial charge is 0.507 e. The summed E-state index contributed by atoms with van der Waals surface area (Å²) >= 11 is 6.00. The average Bonchev–Trinajstić information content (AvgIpc) is 3.22. The molecule has 1 N–H and O–H groups in total. The van der Waals surface area contributed by atoms with Crippen molar-refractivity contribution in [2.45, 2.75) is 19.5 Å². The standard InChI is InChI=1S/C26H26ClN3O2/c27-21-8-6-19(7-9-21)16-24-22-10-11-25(31)23(26(22)32-28-24)18-30-14-12-29(13-15-30)17-20-4-2-1-3-5-20/h1-11,31H,12-18H2. The van der Waals surface area contributed by atoms with Gasteiger partial charge < -0.3 is 9.63 Å². The molecule has 3 aromatic carbocycles. The van der Waals surface area contributed by atoms with Crippen LogP contribution in [0.2, 0.25) is 5.02 Å². The van der Waals surface area contributed by atoms with E-state index in [0.717, 1.165) is 60.0 Å². The Balaban J connectivity index is 1.28. The monoisotopic (exact) mass is 447 g/mol. The Labute approximate surface area is 192 Å². The molecule has 0 spiro atoms. The first kappa shape index (κ1) is 21.0. The first-order chi connectivity index (χ1) is 15.7. The summed E-state index contributed by atoms with van der Waals surface area (Å²) in [7, 11) is 0. The van der Waals surface area contributed by atoms with Crippen molar-refractivity contribution in [3.63, 3.8) is 0 Å². The van der Waals surface area contributed by atoms with E-state index in [1.54, 1.807) is 6.07 Å². The van der Waals surface area contributed by atoms with Crippen LogP contribution in [0.3, 0.4) is 0 Å². The summed E-state index contributed by atoms with van der Waals surface area (Å²) in [6.07, 6.45) is 0.659. The molecule has 0 saturated carbocycles. The molecular weight excluding hydrogens is 422 g/mol. The SMILES string of the molecule is Oc1ccc2c(Cc3ccc(Cl)cc3)noc2c1CN1CCN(Cc2ccccc2)CC1. The highest BCUT2D eigenvalue weighted by molar-refractivity contribution is 6.30. The molecule has 1 saturated heterocycles. The summed E-state index contributed by atoms with van der Waals surface area (Å²) in [5.74, 6) is 0.262. The number of nitrogens with zero attached hydrogens (tertiary/aromatic N) is 3. The van der Waals surface area contributed by atoms with Crippen LogP contribution >= 0.6 is 11.6 Å². The van der Waals surface area contributed by atoms with Crippen LogP contribution in [0.1, 0.15) is 22.4 Å². The molecule has 1 fully saturated rings. The fourth-order valence-electron chi connectivity index (χ4n) is 4.35. The fraction of sp³-hybridized carbons (Fsp3) is 0.269. The first-order valence-electron chi connectivity index (χ1n) is 11.0. The van der Waals surface area contributed by atoms with Crippen LogP contribution in [0.5, 0.6) is 5.75 Å². The lowest BCUT2D eigenvalue weighted by molar-refractivity contribution is 0.121. The van der Waals surface area contributed by atoms with E-state index in [0.29, 0.717) is 18.5 Å². The van der Waals surface area contributed by atoms with E-state index in [4.69, 9.17) is 16.1 Å². The molecule has 4 aromatic rings. The summed E-state index contributed by atoms with van der Waals surface area (Å²) in [4.78, 5) is 4.85. The van der Waals surface area contributed by atoms with Crippen molar-refractivity contribution in [3.8, 4) is 5.75 Å². The van der Waals surface area contributed by atoms with Gasteiger partial charge in [-0.3, -0.25) is 9.80 Å². The van der Waals surface area contributed by atoms with Crippen molar-refractivity contribution >= 4 is 22.6 Å². The van der Waals surface area contributed by atoms with Crippen LogP contribution in [-0.2, 0) is 19.5 Å². The Kier molecular flexibility index (Phi) is 6.12. The van der Waals surface area contributed by atoms with E-state index in [2.05, 4.69) is 45.3 Å². The van der Waals surface area contributed by atoms with Crippen LogP contribution in [-0.4, -0.2) is 46.2 Å². The molecule has 0 radical (unpaired) electrons. The van der Waals surface area contributed by atoms with E-state index in [-0.39, 0.29) is 5.75 Å². The van der Waals surface area contributed by atoms with Crippen molar-refractivity contribution in [3.05, 3.63) is 94.1 Å². The maximum atomic E-state index is 10.6. The van der Waals surface area contributed by atoms with Crippen LogP contribution in [0.15, 0.2) is 71.3 Å². The van der Waals surface area contributed by atoms with Gasteiger partial charge >= 0.3 is 0 Å². The Morgan fingerprint density at radius 1 is 0.812 bits per heavy atom. The quantitative estimate of drug-likeness (QED) is 0.446. The number of rotatable bonds is 6. The predicted octanol–water partition coefficient (Wildman–Crippen LogP) is 5.10. The zero-order chi connectivity index (χ0) is 21.9. The summed E-state index contributed by atoms with van der Waals surface area (Å²) in [6.45, 7) is 5.54. The van der Waals surface area contributed by atoms with Crippen molar-refractivity contribution in [2.75, 3.05) is 26.2 Å². The van der Waals surface area contributed by atoms with Crippen molar-refractivity contribution in [1.29, 1.82) is 0 Å². The fourth-order valence-corrected chi connectivity index (χ4v) is 4.47. The third-order valence-corrected chi connectivity index (χ3v) is 6.43. The van der Waals surface area contributed by atoms with Gasteiger partial charge in [0.25, 0.3) is 0 Å². The maximum Gasteiger partial charge on any atom is 0.175 e. The molecule has 0 atom stereocenters. The zero-order valence-electron chi connectivity index (χ0n) is 17.9. The number of halogens is 1. The lowest BCUT2D eigenvalue weighted by Gasteiger charge is -2.34. The van der Waals surface area contributed by atoms with Gasteiger partial charge in [-0.2, -0.15) is 0 Å². The second kappa shape index (κ2) is 9.33. The average molecular weight is 448 g/mol. The summed E-state index contributed by atoms with van der Waals surface area (Å²) in [5, 5.41) is 16.6. The number of benzene rings is 3. The lowest BCUT2D eigenvalue weighted by atomic mass is 10.0. The Morgan fingerprint density at radius 2 is 1.50 bits per heavy atom. The molecule has 164 valence electrons. The van der Waals surface area contributed by atoms with E-state index >= 15 is 0 Å². The van der Waals surface area contributed by atoms with Gasteiger partial charge in [0.15, 0.2) is 5.58 Å². The van der Waals surface area contributed by atoms with E-state index < -0.39 is 0 Å². The molecule has 32 heavy (non-hydrogen) atoms. The van der Waals surface area contributed by atoms with Crippen LogP contribution in [0, 0.1) is 0 Å². The van der Waals surface area contributed by atoms with Gasteiger partial charge in [0.1, 0.15) is 5.75 Å². The summed E-state index contributed by atoms with van der Waals surface area (Å²) < 4.78 is 5.73. The van der Waals surface area contributed by atoms with Gasteiger partial charge in [0, 0.05) is 56.1 Å². The van der Waals surface area contributed by atoms with Crippen molar-refractivity contribution in [1.82, 2.24) is 15.0 Å². The lowest BCUT2D eigenvalue weighted by Crippen LogP contribution is -2.45. The van der Waals surface area contributed by atoms with Gasteiger partial charge in [-0.1, -0.05) is 59.2 Å². The maximum absolute atomic E-state index is 10.6. The van der Waals surface area contributed by atoms with Crippen molar-refractivity contribution < 1.29 is 9.63 Å². The van der Waals surface area contributed by atoms with Gasteiger partial charge in [-0.25, -0.2) is 0 Å². The highest BCUT2D eigenvalue weighted by Crippen LogP contribution is 2.31. The smallest absolute Gasteiger partial charge is 0.175 e. The molecule has 0 bridgehead atoms. The number of piperazine rings is 1. The molecular formula is C26H26ClN3O2. The Morgan fingerprint density at radius 3 is 2.22 bits per heavy atom. The normalized spacial score (nSPS) is 15.4. The number of phenolic OH excluding ortho intramolecular Hbond substituents is 1. The molecule has 1 aliphatic rings. The van der Waals surface area contributed by atoms with E-state index in [1.165, 1.54) is 5.56 Å². The third kappa shape index (κ3) is 4.65. The van der Waals surface area contributed by atoms with Gasteiger partial charge in [0.05, 0.1) is 11.3 Å². The van der Waals surface area contributed by atoms with Crippen LogP contribution in [0.4, 0.5) is 0 Å². The zero-order valence-corrected chi connectivity index (χ0v) is 18.6. The molecule has 5 rings (SSSR count). The van der Waals surface area contributed by atoms with Gasteiger partial charge in [-0.15, -0.1) is 0 Å². The molecule has 0 amide bonds. The van der Waals surface area contributed by atoms with Crippen LogP contribution in [0.25, 0.3) is 11.0 Å². The van der Waals surface area contributed by atoms with Crippen LogP contribution < -0.4 is 0 Å². The second-order valence-electron chi connectivity index (χ2n) is 8.41. The van der Waals surface area contributed by atoms with Gasteiger partial charge in [0.2, 0.25) is 0 Å². The predicted molar refractivity (Wildman–Crippen MR) is 127 cm³/mol. The third-order valence-electron chi connectivity index (χ3n) is 6.17. The minimum absolute atomic E-state index is 0.262. The molecule has 6 heteroatoms. The number of hydrogen-bond acceptors (Lipinski definition) is 5. The first-order valence-corrected chi connectivity index (χ1v) is 11.4. The highest BCUT2D eigenvalue weighted by atomic mass is 35.5. The number of aromatic nitrogens is 1. The minimum Gasteiger partial charge on any atom is -0.507 e. The summed E-state index contributed by atoms with van der Waals surface area (Å²) in [6, 6.07) is 22.0. The highest BCUT2D eigenvalue weighted by Gasteiger charge is 2.22. The van der Waals surface area contributed by atoms with Gasteiger partial charge in [-0.05, 0) is 35.4 Å². The molecule has 0 aliphatic carbocycles. The second-order valence-corrected chi connectivity index (χ2v) is 8.85. The molecule has 0 unspecified atom stereocenters. The Bertz CT molecular complexity index is 1180. The van der Waals surface area contributed by atoms with E-state index in [1.807, 2.05) is 30.3 Å². The minimum atomic E-state index is 0.262. The number of phenols is 1. The molecule has 1 aromatic heterocycles. The molecule has 1 aliphatic heterocycles. The van der Waals surface area contributed by atoms with Crippen molar-refractivity contribution in [2.24, 2.45) is 0 Å². The number of aromatic hydroxyl groups is 1. The Hall–Kier alpha value is -2.86. The molecule has 5 nitrogen and oxygen atoms in total.